The summed E-state index contributed by atoms with van der Waals surface area (Å²) in [4.78, 5) is 25.4. The fourth-order valence-corrected chi connectivity index (χ4v) is 3.42. The summed E-state index contributed by atoms with van der Waals surface area (Å²) in [6, 6.07) is 14.1. The fourth-order valence-electron chi connectivity index (χ4n) is 3.42. The van der Waals surface area contributed by atoms with Gasteiger partial charge in [0.25, 0.3) is 0 Å². The second-order valence-corrected chi connectivity index (χ2v) is 6.57. The van der Waals surface area contributed by atoms with E-state index in [1.807, 2.05) is 0 Å². The Balaban J connectivity index is 1.84. The number of carbonyl (C=O) groups excluding carboxylic acids is 1. The maximum atomic E-state index is 13.5. The first-order valence-electron chi connectivity index (χ1n) is 8.47. The van der Waals surface area contributed by atoms with Crippen LogP contribution >= 0.6 is 0 Å². The van der Waals surface area contributed by atoms with Crippen molar-refractivity contribution in [1.82, 2.24) is 4.90 Å². The second-order valence-electron chi connectivity index (χ2n) is 6.57. The van der Waals surface area contributed by atoms with Gasteiger partial charge in [-0.25, -0.2) is 0 Å². The van der Waals surface area contributed by atoms with E-state index >= 15 is 0 Å². The number of amides is 1. The Bertz CT molecular complexity index is 836. The van der Waals surface area contributed by atoms with Gasteiger partial charge in [0.2, 0.25) is 5.91 Å². The van der Waals surface area contributed by atoms with Crippen LogP contribution in [0, 0.1) is 0 Å². The number of nitrogens with zero attached hydrogens (tertiary/aromatic N) is 1. The molecule has 2 atom stereocenters. The molecule has 0 spiro atoms. The van der Waals surface area contributed by atoms with Crippen LogP contribution in [0.5, 0.6) is 0 Å². The molecule has 27 heavy (non-hydrogen) atoms. The van der Waals surface area contributed by atoms with Crippen LogP contribution in [0.2, 0.25) is 0 Å². The number of fused-ring (bicyclic) bond motifs is 1. The first-order valence-corrected chi connectivity index (χ1v) is 8.47. The predicted molar refractivity (Wildman–Crippen MR) is 92.1 cm³/mol. The first kappa shape index (κ1) is 18.9. The molecular weight excluding hydrogens is 359 g/mol. The maximum absolute atomic E-state index is 13.5. The van der Waals surface area contributed by atoms with Gasteiger partial charge in [-0.2, -0.15) is 13.2 Å². The van der Waals surface area contributed by atoms with Crippen LogP contribution in [0.25, 0.3) is 0 Å². The number of halogens is 3. The maximum Gasteiger partial charge on any atom is 0.396 e. The molecule has 2 unspecified atom stereocenters. The number of carboxylic acid groups (broad SMARTS) is 1. The predicted octanol–water partition coefficient (Wildman–Crippen LogP) is 3.93. The Morgan fingerprint density at radius 1 is 1.07 bits per heavy atom. The Hall–Kier alpha value is -2.83. The van der Waals surface area contributed by atoms with Crippen molar-refractivity contribution in [2.45, 2.75) is 31.0 Å². The van der Waals surface area contributed by atoms with Crippen molar-refractivity contribution in [2.75, 3.05) is 6.54 Å². The third-order valence-electron chi connectivity index (χ3n) is 4.82. The van der Waals surface area contributed by atoms with Crippen molar-refractivity contribution in [3.63, 3.8) is 0 Å². The lowest BCUT2D eigenvalue weighted by Gasteiger charge is -2.34. The van der Waals surface area contributed by atoms with Gasteiger partial charge in [-0.1, -0.05) is 54.6 Å². The van der Waals surface area contributed by atoms with E-state index in [-0.39, 0.29) is 18.7 Å². The molecule has 1 aliphatic heterocycles. The molecule has 1 aliphatic rings. The number of hydrogen-bond acceptors (Lipinski definition) is 2. The molecule has 4 nitrogen and oxygen atoms in total. The standard InChI is InChI=1S/C20H18F3NO3/c21-20(22,23)17(13-6-2-1-3-7-13)10-18(25)24-11-14-8-4-5-9-15(14)16(12-24)19(26)27/h1-9,16-17H,10-12H2,(H,26,27). The third-order valence-corrected chi connectivity index (χ3v) is 4.82. The average molecular weight is 377 g/mol. The first-order chi connectivity index (χ1) is 12.8. The van der Waals surface area contributed by atoms with Crippen molar-refractivity contribution in [3.05, 3.63) is 71.3 Å². The highest BCUT2D eigenvalue weighted by atomic mass is 19.4. The summed E-state index contributed by atoms with van der Waals surface area (Å²) in [5.41, 5.74) is 1.27. The van der Waals surface area contributed by atoms with E-state index in [1.165, 1.54) is 29.2 Å². The zero-order valence-electron chi connectivity index (χ0n) is 14.3. The minimum atomic E-state index is -4.57. The van der Waals surface area contributed by atoms with Crippen LogP contribution in [0.15, 0.2) is 54.6 Å². The summed E-state index contributed by atoms with van der Waals surface area (Å²) in [5, 5.41) is 9.46. The van der Waals surface area contributed by atoms with Gasteiger partial charge in [-0.15, -0.1) is 0 Å². The minimum absolute atomic E-state index is 0.0190. The molecule has 0 saturated heterocycles. The molecule has 142 valence electrons. The molecule has 1 amide bonds. The number of alkyl halides is 3. The van der Waals surface area contributed by atoms with Gasteiger partial charge in [0, 0.05) is 19.5 Å². The quantitative estimate of drug-likeness (QED) is 0.878. The SMILES string of the molecule is O=C(O)C1CN(C(=O)CC(c2ccccc2)C(F)(F)F)Cc2ccccc21. The second kappa shape index (κ2) is 7.42. The van der Waals surface area contributed by atoms with E-state index in [0.717, 1.165) is 0 Å². The Morgan fingerprint density at radius 2 is 1.70 bits per heavy atom. The van der Waals surface area contributed by atoms with E-state index in [4.69, 9.17) is 0 Å². The molecule has 0 fully saturated rings. The van der Waals surface area contributed by atoms with Crippen molar-refractivity contribution in [3.8, 4) is 0 Å². The molecule has 0 aliphatic carbocycles. The highest BCUT2D eigenvalue weighted by molar-refractivity contribution is 5.82. The van der Waals surface area contributed by atoms with Crippen LogP contribution in [-0.2, 0) is 16.1 Å². The third kappa shape index (κ3) is 4.13. The van der Waals surface area contributed by atoms with Crippen LogP contribution in [-0.4, -0.2) is 34.6 Å². The summed E-state index contributed by atoms with van der Waals surface area (Å²) in [5.74, 6) is -4.68. The molecule has 0 bridgehead atoms. The van der Waals surface area contributed by atoms with Gasteiger partial charge in [-0.05, 0) is 16.7 Å². The smallest absolute Gasteiger partial charge is 0.396 e. The van der Waals surface area contributed by atoms with Crippen molar-refractivity contribution >= 4 is 11.9 Å². The molecule has 7 heteroatoms. The van der Waals surface area contributed by atoms with Gasteiger partial charge in [0.05, 0.1) is 11.8 Å². The summed E-state index contributed by atoms with van der Waals surface area (Å²) >= 11 is 0. The van der Waals surface area contributed by atoms with Crippen LogP contribution in [0.1, 0.15) is 34.9 Å². The molecule has 0 aromatic heterocycles. The number of benzene rings is 2. The zero-order valence-corrected chi connectivity index (χ0v) is 14.3. The van der Waals surface area contributed by atoms with E-state index < -0.39 is 36.3 Å². The summed E-state index contributed by atoms with van der Waals surface area (Å²) in [7, 11) is 0. The monoisotopic (exact) mass is 377 g/mol. The molecule has 2 aromatic rings. The molecule has 1 heterocycles. The van der Waals surface area contributed by atoms with Crippen LogP contribution < -0.4 is 0 Å². The Morgan fingerprint density at radius 3 is 2.33 bits per heavy atom. The van der Waals surface area contributed by atoms with E-state index in [2.05, 4.69) is 0 Å². The van der Waals surface area contributed by atoms with Crippen molar-refractivity contribution < 1.29 is 27.9 Å². The van der Waals surface area contributed by atoms with E-state index in [9.17, 15) is 27.9 Å². The van der Waals surface area contributed by atoms with Gasteiger partial charge in [0.15, 0.2) is 0 Å². The summed E-state index contributed by atoms with van der Waals surface area (Å²) in [6.07, 6.45) is -5.32. The highest BCUT2D eigenvalue weighted by Crippen LogP contribution is 2.38. The lowest BCUT2D eigenvalue weighted by atomic mass is 9.88. The molecule has 0 saturated carbocycles. The lowest BCUT2D eigenvalue weighted by Crippen LogP contribution is -2.42. The van der Waals surface area contributed by atoms with Crippen LogP contribution in [0.4, 0.5) is 13.2 Å². The average Bonchev–Trinajstić information content (AvgIpc) is 2.64. The normalized spacial score (nSPS) is 17.9. The summed E-state index contributed by atoms with van der Waals surface area (Å²) in [6.45, 7) is -0.0251. The number of hydrogen-bond donors (Lipinski definition) is 1. The molecule has 3 rings (SSSR count). The molecular formula is C20H18F3NO3. The van der Waals surface area contributed by atoms with Gasteiger partial charge in [-0.3, -0.25) is 9.59 Å². The van der Waals surface area contributed by atoms with Crippen LogP contribution in [0.3, 0.4) is 0 Å². The van der Waals surface area contributed by atoms with Gasteiger partial charge >= 0.3 is 12.1 Å². The zero-order chi connectivity index (χ0) is 19.6. The minimum Gasteiger partial charge on any atom is -0.481 e. The summed E-state index contributed by atoms with van der Waals surface area (Å²) < 4.78 is 40.5. The van der Waals surface area contributed by atoms with Crippen molar-refractivity contribution in [2.24, 2.45) is 0 Å². The molecule has 0 radical (unpaired) electrons. The largest absolute Gasteiger partial charge is 0.481 e. The van der Waals surface area contributed by atoms with Gasteiger partial charge in [0.1, 0.15) is 0 Å². The van der Waals surface area contributed by atoms with Crippen molar-refractivity contribution in [1.29, 1.82) is 0 Å². The van der Waals surface area contributed by atoms with Gasteiger partial charge < -0.3 is 10.0 Å². The number of carbonyl (C=O) groups is 2. The topological polar surface area (TPSA) is 57.6 Å². The van der Waals surface area contributed by atoms with E-state index in [0.29, 0.717) is 11.1 Å². The number of rotatable bonds is 4. The van der Waals surface area contributed by atoms with E-state index in [1.54, 1.807) is 30.3 Å². The molecule has 1 N–H and O–H groups in total. The molecule has 2 aromatic carbocycles. The fraction of sp³-hybridized carbons (Fsp3) is 0.300. The Labute approximate surface area is 154 Å². The number of carboxylic acids is 1. The number of aliphatic carboxylic acids is 1. The highest BCUT2D eigenvalue weighted by Gasteiger charge is 2.43. The Kier molecular flexibility index (Phi) is 5.21. The lowest BCUT2D eigenvalue weighted by molar-refractivity contribution is -0.161.